The lowest BCUT2D eigenvalue weighted by molar-refractivity contribution is 0.102. The molecule has 0 unspecified atom stereocenters. The average Bonchev–Trinajstić information content (AvgIpc) is 2.97. The molecule has 1 aliphatic rings. The zero-order valence-corrected chi connectivity index (χ0v) is 12.0. The molecule has 0 radical (unpaired) electrons. The second-order valence-electron chi connectivity index (χ2n) is 5.12. The molecule has 0 fully saturated rings. The van der Waals surface area contributed by atoms with Gasteiger partial charge in [-0.15, -0.1) is 0 Å². The van der Waals surface area contributed by atoms with Crippen molar-refractivity contribution >= 4 is 11.6 Å². The van der Waals surface area contributed by atoms with Crippen LogP contribution < -0.4 is 10.6 Å². The average molecular weight is 282 g/mol. The van der Waals surface area contributed by atoms with Crippen molar-refractivity contribution in [2.24, 2.45) is 0 Å². The maximum Gasteiger partial charge on any atom is 0.255 e. The third kappa shape index (κ3) is 2.96. The van der Waals surface area contributed by atoms with Crippen LogP contribution in [0.5, 0.6) is 0 Å². The van der Waals surface area contributed by atoms with Crippen LogP contribution in [0.2, 0.25) is 0 Å². The van der Waals surface area contributed by atoms with Gasteiger partial charge in [-0.3, -0.25) is 4.79 Å². The minimum absolute atomic E-state index is 0.0896. The van der Waals surface area contributed by atoms with Gasteiger partial charge in [-0.2, -0.15) is 0 Å². The van der Waals surface area contributed by atoms with Gasteiger partial charge in [0.15, 0.2) is 0 Å². The molecule has 3 rings (SSSR count). The molecule has 21 heavy (non-hydrogen) atoms. The molecular weight excluding hydrogens is 264 g/mol. The third-order valence-electron chi connectivity index (χ3n) is 3.62. The van der Waals surface area contributed by atoms with Gasteiger partial charge < -0.3 is 15.4 Å². The normalized spacial score (nSPS) is 13.0. The number of carbonyl (C=O) groups excluding carboxylic acids is 1. The van der Waals surface area contributed by atoms with Crippen molar-refractivity contribution in [2.75, 3.05) is 12.4 Å². The Balaban J connectivity index is 1.80. The maximum absolute atomic E-state index is 12.4. The standard InChI is InChI=1S/C17H18N2O2/c1-18-9-13-4-2-3-5-16(13)19-17(20)12-6-7-14-10-21-11-15(14)8-12/h2-8,18H,9-11H2,1H3,(H,19,20). The van der Waals surface area contributed by atoms with Crippen molar-refractivity contribution in [3.05, 3.63) is 64.7 Å². The Morgan fingerprint density at radius 1 is 1.14 bits per heavy atom. The number of para-hydroxylation sites is 1. The van der Waals surface area contributed by atoms with Gasteiger partial charge in [0.05, 0.1) is 13.2 Å². The Hall–Kier alpha value is -2.17. The topological polar surface area (TPSA) is 50.4 Å². The van der Waals surface area contributed by atoms with Crippen molar-refractivity contribution in [3.63, 3.8) is 0 Å². The number of benzene rings is 2. The Bertz CT molecular complexity index is 668. The minimum Gasteiger partial charge on any atom is -0.372 e. The van der Waals surface area contributed by atoms with Crippen LogP contribution in [0.4, 0.5) is 5.69 Å². The molecule has 0 saturated carbocycles. The van der Waals surface area contributed by atoms with E-state index in [-0.39, 0.29) is 5.91 Å². The Morgan fingerprint density at radius 3 is 2.81 bits per heavy atom. The van der Waals surface area contributed by atoms with Crippen LogP contribution in [0.3, 0.4) is 0 Å². The zero-order valence-electron chi connectivity index (χ0n) is 12.0. The summed E-state index contributed by atoms with van der Waals surface area (Å²) in [7, 11) is 1.89. The summed E-state index contributed by atoms with van der Waals surface area (Å²) >= 11 is 0. The highest BCUT2D eigenvalue weighted by Gasteiger charge is 2.15. The van der Waals surface area contributed by atoms with Gasteiger partial charge in [0.2, 0.25) is 0 Å². The van der Waals surface area contributed by atoms with Crippen LogP contribution in [-0.2, 0) is 24.5 Å². The molecule has 1 amide bonds. The second-order valence-corrected chi connectivity index (χ2v) is 5.12. The molecule has 0 spiro atoms. The van der Waals surface area contributed by atoms with Crippen LogP contribution >= 0.6 is 0 Å². The SMILES string of the molecule is CNCc1ccccc1NC(=O)c1ccc2c(c1)COC2. The summed E-state index contributed by atoms with van der Waals surface area (Å²) in [5, 5.41) is 6.09. The van der Waals surface area contributed by atoms with Gasteiger partial charge in [-0.25, -0.2) is 0 Å². The summed E-state index contributed by atoms with van der Waals surface area (Å²) in [4.78, 5) is 12.4. The van der Waals surface area contributed by atoms with Crippen LogP contribution in [0.15, 0.2) is 42.5 Å². The van der Waals surface area contributed by atoms with E-state index in [9.17, 15) is 4.79 Å². The number of amides is 1. The molecule has 0 saturated heterocycles. The lowest BCUT2D eigenvalue weighted by atomic mass is 10.1. The van der Waals surface area contributed by atoms with Gasteiger partial charge in [0, 0.05) is 17.8 Å². The van der Waals surface area contributed by atoms with Gasteiger partial charge >= 0.3 is 0 Å². The fourth-order valence-corrected chi connectivity index (χ4v) is 2.49. The number of nitrogens with one attached hydrogen (secondary N) is 2. The van der Waals surface area contributed by atoms with E-state index in [0.29, 0.717) is 25.3 Å². The summed E-state index contributed by atoms with van der Waals surface area (Å²) in [6, 6.07) is 13.5. The molecule has 2 aromatic rings. The van der Waals surface area contributed by atoms with Crippen LogP contribution in [0.25, 0.3) is 0 Å². The first-order valence-electron chi connectivity index (χ1n) is 7.01. The van der Waals surface area contributed by atoms with Crippen molar-refractivity contribution in [1.82, 2.24) is 5.32 Å². The molecule has 0 atom stereocenters. The molecular formula is C17H18N2O2. The summed E-state index contributed by atoms with van der Waals surface area (Å²) in [5.41, 5.74) is 4.85. The number of anilines is 1. The lowest BCUT2D eigenvalue weighted by Gasteiger charge is -2.11. The molecule has 2 aromatic carbocycles. The number of hydrogen-bond acceptors (Lipinski definition) is 3. The highest BCUT2D eigenvalue weighted by molar-refractivity contribution is 6.04. The second kappa shape index (κ2) is 6.08. The van der Waals surface area contributed by atoms with Crippen molar-refractivity contribution in [2.45, 2.75) is 19.8 Å². The molecule has 4 heteroatoms. The quantitative estimate of drug-likeness (QED) is 0.906. The van der Waals surface area contributed by atoms with Gasteiger partial charge in [-0.1, -0.05) is 24.3 Å². The molecule has 1 heterocycles. The number of ether oxygens (including phenoxy) is 1. The van der Waals surface area contributed by atoms with Gasteiger partial charge in [0.1, 0.15) is 0 Å². The van der Waals surface area contributed by atoms with E-state index in [1.807, 2.05) is 49.5 Å². The monoisotopic (exact) mass is 282 g/mol. The van der Waals surface area contributed by atoms with E-state index in [1.165, 1.54) is 5.56 Å². The number of carbonyl (C=O) groups is 1. The fraction of sp³-hybridized carbons (Fsp3) is 0.235. The number of rotatable bonds is 4. The number of fused-ring (bicyclic) bond motifs is 1. The molecule has 4 nitrogen and oxygen atoms in total. The van der Waals surface area contributed by atoms with E-state index in [2.05, 4.69) is 10.6 Å². The first-order chi connectivity index (χ1) is 10.3. The zero-order chi connectivity index (χ0) is 14.7. The molecule has 0 bridgehead atoms. The fourth-order valence-electron chi connectivity index (χ4n) is 2.49. The van der Waals surface area contributed by atoms with Crippen LogP contribution in [0.1, 0.15) is 27.0 Å². The Kier molecular flexibility index (Phi) is 3.99. The first kappa shape index (κ1) is 13.8. The van der Waals surface area contributed by atoms with Crippen LogP contribution in [-0.4, -0.2) is 13.0 Å². The largest absolute Gasteiger partial charge is 0.372 e. The Morgan fingerprint density at radius 2 is 1.95 bits per heavy atom. The van der Waals surface area contributed by atoms with E-state index in [4.69, 9.17) is 4.74 Å². The van der Waals surface area contributed by atoms with Gasteiger partial charge in [-0.05, 0) is 41.9 Å². The molecule has 2 N–H and O–H groups in total. The highest BCUT2D eigenvalue weighted by atomic mass is 16.5. The minimum atomic E-state index is -0.0896. The molecule has 108 valence electrons. The predicted octanol–water partition coefficient (Wildman–Crippen LogP) is 2.69. The van der Waals surface area contributed by atoms with E-state index in [0.717, 1.165) is 16.8 Å². The van der Waals surface area contributed by atoms with Crippen molar-refractivity contribution < 1.29 is 9.53 Å². The molecule has 0 aromatic heterocycles. The van der Waals surface area contributed by atoms with E-state index >= 15 is 0 Å². The summed E-state index contributed by atoms with van der Waals surface area (Å²) in [6.07, 6.45) is 0. The summed E-state index contributed by atoms with van der Waals surface area (Å²) < 4.78 is 5.38. The first-order valence-corrected chi connectivity index (χ1v) is 7.01. The van der Waals surface area contributed by atoms with E-state index < -0.39 is 0 Å². The molecule has 0 aliphatic carbocycles. The molecule has 1 aliphatic heterocycles. The predicted molar refractivity (Wildman–Crippen MR) is 82.1 cm³/mol. The van der Waals surface area contributed by atoms with Crippen molar-refractivity contribution in [3.8, 4) is 0 Å². The maximum atomic E-state index is 12.4. The van der Waals surface area contributed by atoms with E-state index in [1.54, 1.807) is 0 Å². The summed E-state index contributed by atoms with van der Waals surface area (Å²) in [6.45, 7) is 1.95. The van der Waals surface area contributed by atoms with Gasteiger partial charge in [0.25, 0.3) is 5.91 Å². The third-order valence-corrected chi connectivity index (χ3v) is 3.62. The van der Waals surface area contributed by atoms with Crippen molar-refractivity contribution in [1.29, 1.82) is 0 Å². The smallest absolute Gasteiger partial charge is 0.255 e. The van der Waals surface area contributed by atoms with Crippen LogP contribution in [0, 0.1) is 0 Å². The summed E-state index contributed by atoms with van der Waals surface area (Å²) in [5.74, 6) is -0.0896. The number of hydrogen-bond donors (Lipinski definition) is 2. The lowest BCUT2D eigenvalue weighted by Crippen LogP contribution is -2.15. The Labute approximate surface area is 124 Å². The highest BCUT2D eigenvalue weighted by Crippen LogP contribution is 2.22.